The van der Waals surface area contributed by atoms with E-state index in [0.717, 1.165) is 0 Å². The summed E-state index contributed by atoms with van der Waals surface area (Å²) in [6.07, 6.45) is 0. The second kappa shape index (κ2) is 3.93. The third-order valence-corrected chi connectivity index (χ3v) is 2.45. The van der Waals surface area contributed by atoms with E-state index in [1.807, 2.05) is 0 Å². The van der Waals surface area contributed by atoms with Gasteiger partial charge in [0.05, 0.1) is 6.61 Å². The van der Waals surface area contributed by atoms with Crippen molar-refractivity contribution in [2.24, 2.45) is 0 Å². The first-order valence-corrected chi connectivity index (χ1v) is 5.04. The van der Waals surface area contributed by atoms with Crippen molar-refractivity contribution in [2.45, 2.75) is 6.92 Å². The Balaban J connectivity index is 2.56. The quantitative estimate of drug-likeness (QED) is 0.815. The van der Waals surface area contributed by atoms with Crippen molar-refractivity contribution in [2.75, 3.05) is 6.61 Å². The molecule has 88 valence electrons. The Morgan fingerprint density at radius 2 is 1.65 bits per heavy atom. The van der Waals surface area contributed by atoms with E-state index in [1.165, 1.54) is 18.2 Å². The molecule has 5 nitrogen and oxygen atoms in total. The number of aliphatic hydroxyl groups excluding tert-OH is 2. The minimum Gasteiger partial charge on any atom is -0.501 e. The number of Topliss-reactive ketones (excluding diaryl/α,β-unsaturated/α-hetero) is 2. The van der Waals surface area contributed by atoms with E-state index in [9.17, 15) is 19.8 Å². The summed E-state index contributed by atoms with van der Waals surface area (Å²) in [5, 5.41) is 18.6. The molecule has 1 aromatic carbocycles. The van der Waals surface area contributed by atoms with Gasteiger partial charge in [0.2, 0.25) is 23.1 Å². The van der Waals surface area contributed by atoms with E-state index in [1.54, 1.807) is 6.92 Å². The SMILES string of the molecule is CCOc1ccc2c(c1)C(=O)C(O)=C(O)C2=O. The molecule has 0 aromatic heterocycles. The Bertz CT molecular complexity index is 542. The number of ether oxygens (including phenoxy) is 1. The van der Waals surface area contributed by atoms with Crippen LogP contribution in [-0.2, 0) is 0 Å². The fourth-order valence-electron chi connectivity index (χ4n) is 1.64. The van der Waals surface area contributed by atoms with Crippen molar-refractivity contribution >= 4 is 11.6 Å². The highest BCUT2D eigenvalue weighted by molar-refractivity contribution is 6.25. The fourth-order valence-corrected chi connectivity index (χ4v) is 1.64. The van der Waals surface area contributed by atoms with E-state index in [2.05, 4.69) is 0 Å². The van der Waals surface area contributed by atoms with Crippen LogP contribution in [0.4, 0.5) is 0 Å². The summed E-state index contributed by atoms with van der Waals surface area (Å²) in [5.74, 6) is -2.94. The summed E-state index contributed by atoms with van der Waals surface area (Å²) in [7, 11) is 0. The molecule has 0 atom stereocenters. The number of hydrogen-bond acceptors (Lipinski definition) is 5. The molecule has 0 unspecified atom stereocenters. The lowest BCUT2D eigenvalue weighted by Gasteiger charge is -2.14. The first-order valence-electron chi connectivity index (χ1n) is 5.04. The second-order valence-corrected chi connectivity index (χ2v) is 3.50. The van der Waals surface area contributed by atoms with Gasteiger partial charge in [0, 0.05) is 11.1 Å². The Kier molecular flexibility index (Phi) is 2.59. The van der Waals surface area contributed by atoms with E-state index in [0.29, 0.717) is 12.4 Å². The maximum absolute atomic E-state index is 11.7. The molecule has 0 bridgehead atoms. The monoisotopic (exact) mass is 234 g/mol. The highest BCUT2D eigenvalue weighted by Crippen LogP contribution is 2.27. The minimum atomic E-state index is -0.920. The zero-order valence-corrected chi connectivity index (χ0v) is 9.06. The third-order valence-electron chi connectivity index (χ3n) is 2.45. The smallest absolute Gasteiger partial charge is 0.232 e. The molecule has 0 aliphatic heterocycles. The molecule has 1 aliphatic rings. The normalized spacial score (nSPS) is 14.9. The van der Waals surface area contributed by atoms with Crippen molar-refractivity contribution < 1.29 is 24.5 Å². The number of allylic oxidation sites excluding steroid dienone is 2. The molecule has 0 spiro atoms. The van der Waals surface area contributed by atoms with Crippen LogP contribution in [0.5, 0.6) is 5.75 Å². The zero-order chi connectivity index (χ0) is 12.6. The summed E-state index contributed by atoms with van der Waals surface area (Å²) in [6.45, 7) is 2.21. The molecular formula is C12H10O5. The molecule has 0 heterocycles. The minimum absolute atomic E-state index is 0.0382. The van der Waals surface area contributed by atoms with Crippen LogP contribution >= 0.6 is 0 Å². The highest BCUT2D eigenvalue weighted by Gasteiger charge is 2.32. The standard InChI is InChI=1S/C12H10O5/c1-2-17-6-3-4-7-8(5-6)10(14)12(16)11(15)9(7)13/h3-5,15-16H,2H2,1H3. The van der Waals surface area contributed by atoms with Crippen molar-refractivity contribution in [3.63, 3.8) is 0 Å². The van der Waals surface area contributed by atoms with E-state index >= 15 is 0 Å². The molecule has 5 heteroatoms. The molecule has 2 N–H and O–H groups in total. The molecule has 2 rings (SSSR count). The molecule has 1 aromatic rings. The summed E-state index contributed by atoms with van der Waals surface area (Å²) >= 11 is 0. The second-order valence-electron chi connectivity index (χ2n) is 3.50. The lowest BCUT2D eigenvalue weighted by molar-refractivity contribution is 0.0880. The molecule has 0 fully saturated rings. The maximum atomic E-state index is 11.7. The Hall–Kier alpha value is -2.30. The van der Waals surface area contributed by atoms with E-state index < -0.39 is 23.1 Å². The van der Waals surface area contributed by atoms with Crippen molar-refractivity contribution in [3.8, 4) is 5.75 Å². The molecule has 17 heavy (non-hydrogen) atoms. The largest absolute Gasteiger partial charge is 0.501 e. The van der Waals surface area contributed by atoms with Gasteiger partial charge in [-0.05, 0) is 25.1 Å². The summed E-state index contributed by atoms with van der Waals surface area (Å²) in [5.41, 5.74) is 0.102. The Labute approximate surface area is 97.0 Å². The zero-order valence-electron chi connectivity index (χ0n) is 9.06. The van der Waals surface area contributed by atoms with Crippen LogP contribution < -0.4 is 4.74 Å². The summed E-state index contributed by atoms with van der Waals surface area (Å²) < 4.78 is 5.19. The average Bonchev–Trinajstić information content (AvgIpc) is 2.34. The van der Waals surface area contributed by atoms with Crippen LogP contribution in [-0.4, -0.2) is 28.4 Å². The van der Waals surface area contributed by atoms with Gasteiger partial charge in [0.15, 0.2) is 0 Å². The average molecular weight is 234 g/mol. The van der Waals surface area contributed by atoms with Gasteiger partial charge >= 0.3 is 0 Å². The maximum Gasteiger partial charge on any atom is 0.232 e. The van der Waals surface area contributed by atoms with Crippen LogP contribution in [0.25, 0.3) is 0 Å². The molecule has 0 radical (unpaired) electrons. The number of carbonyl (C=O) groups excluding carboxylic acids is 2. The molecule has 1 aliphatic carbocycles. The third kappa shape index (κ3) is 1.65. The predicted molar refractivity (Wildman–Crippen MR) is 58.6 cm³/mol. The number of benzene rings is 1. The number of ketones is 2. The number of aliphatic hydroxyl groups is 2. The number of rotatable bonds is 2. The highest BCUT2D eigenvalue weighted by atomic mass is 16.5. The topological polar surface area (TPSA) is 83.8 Å². The molecule has 0 saturated carbocycles. The molecule has 0 amide bonds. The molecule has 0 saturated heterocycles. The Morgan fingerprint density at radius 1 is 1.06 bits per heavy atom. The van der Waals surface area contributed by atoms with Crippen molar-refractivity contribution in [1.82, 2.24) is 0 Å². The number of carbonyl (C=O) groups is 2. The van der Waals surface area contributed by atoms with Gasteiger partial charge in [-0.2, -0.15) is 0 Å². The van der Waals surface area contributed by atoms with E-state index in [4.69, 9.17) is 4.74 Å². The Morgan fingerprint density at radius 3 is 2.24 bits per heavy atom. The van der Waals surface area contributed by atoms with Gasteiger partial charge in [0.1, 0.15) is 5.75 Å². The lowest BCUT2D eigenvalue weighted by atomic mass is 9.92. The van der Waals surface area contributed by atoms with Gasteiger partial charge in [-0.15, -0.1) is 0 Å². The van der Waals surface area contributed by atoms with Gasteiger partial charge in [0.25, 0.3) is 0 Å². The fraction of sp³-hybridized carbons (Fsp3) is 0.167. The van der Waals surface area contributed by atoms with Gasteiger partial charge < -0.3 is 14.9 Å². The lowest BCUT2D eigenvalue weighted by Crippen LogP contribution is -2.21. The van der Waals surface area contributed by atoms with Crippen molar-refractivity contribution in [3.05, 3.63) is 40.8 Å². The summed E-state index contributed by atoms with van der Waals surface area (Å²) in [6, 6.07) is 4.30. The number of hydrogen-bond donors (Lipinski definition) is 2. The van der Waals surface area contributed by atoms with Gasteiger partial charge in [-0.25, -0.2) is 0 Å². The van der Waals surface area contributed by atoms with Gasteiger partial charge in [-0.3, -0.25) is 9.59 Å². The van der Waals surface area contributed by atoms with Crippen LogP contribution in [0.15, 0.2) is 29.7 Å². The van der Waals surface area contributed by atoms with Crippen LogP contribution in [0.2, 0.25) is 0 Å². The molecular weight excluding hydrogens is 224 g/mol. The predicted octanol–water partition coefficient (Wildman–Crippen LogP) is 1.79. The first kappa shape index (κ1) is 11.2. The number of fused-ring (bicyclic) bond motifs is 1. The summed E-state index contributed by atoms with van der Waals surface area (Å²) in [4.78, 5) is 23.2. The van der Waals surface area contributed by atoms with Gasteiger partial charge in [-0.1, -0.05) is 0 Å². The van der Waals surface area contributed by atoms with Crippen LogP contribution in [0, 0.1) is 0 Å². The van der Waals surface area contributed by atoms with Crippen LogP contribution in [0.3, 0.4) is 0 Å². The van der Waals surface area contributed by atoms with Crippen LogP contribution in [0.1, 0.15) is 27.6 Å². The van der Waals surface area contributed by atoms with Crippen molar-refractivity contribution in [1.29, 1.82) is 0 Å². The first-order chi connectivity index (χ1) is 8.06. The van der Waals surface area contributed by atoms with E-state index in [-0.39, 0.29) is 11.1 Å².